The van der Waals surface area contributed by atoms with Gasteiger partial charge in [-0.25, -0.2) is 15.0 Å². The molecule has 0 unspecified atom stereocenters. The molecule has 0 saturated carbocycles. The van der Waals surface area contributed by atoms with Crippen molar-refractivity contribution in [2.75, 3.05) is 19.0 Å². The summed E-state index contributed by atoms with van der Waals surface area (Å²) >= 11 is 1.62. The third-order valence-corrected chi connectivity index (χ3v) is 5.27. The summed E-state index contributed by atoms with van der Waals surface area (Å²) in [6, 6.07) is 8.39. The van der Waals surface area contributed by atoms with E-state index >= 15 is 0 Å². The van der Waals surface area contributed by atoms with Crippen molar-refractivity contribution < 1.29 is 4.74 Å². The molecular formula is C16H16N4OS. The number of benzene rings is 1. The number of hydrogen-bond acceptors (Lipinski definition) is 6. The largest absolute Gasteiger partial charge is 0.379 e. The predicted molar refractivity (Wildman–Crippen MR) is 87.5 cm³/mol. The molecule has 0 aliphatic carbocycles. The lowest BCUT2D eigenvalue weighted by Gasteiger charge is -2.34. The fraction of sp³-hybridized carbons (Fsp3) is 0.312. The first-order chi connectivity index (χ1) is 10.8. The second-order valence-electron chi connectivity index (χ2n) is 5.61. The van der Waals surface area contributed by atoms with E-state index < -0.39 is 0 Å². The van der Waals surface area contributed by atoms with Gasteiger partial charge in [-0.3, -0.25) is 0 Å². The van der Waals surface area contributed by atoms with Crippen LogP contribution in [0.4, 0.5) is 0 Å². The van der Waals surface area contributed by atoms with Crippen LogP contribution in [0.1, 0.15) is 5.56 Å². The zero-order valence-corrected chi connectivity index (χ0v) is 12.8. The van der Waals surface area contributed by atoms with Gasteiger partial charge in [-0.05, 0) is 17.2 Å². The Morgan fingerprint density at radius 1 is 1.23 bits per heavy atom. The number of amidine groups is 1. The van der Waals surface area contributed by atoms with E-state index in [0.29, 0.717) is 17.7 Å². The van der Waals surface area contributed by atoms with Gasteiger partial charge in [0.15, 0.2) is 5.17 Å². The first-order valence-electron chi connectivity index (χ1n) is 7.20. The van der Waals surface area contributed by atoms with Gasteiger partial charge in [0.05, 0.1) is 13.2 Å². The van der Waals surface area contributed by atoms with Crippen LogP contribution in [0.2, 0.25) is 0 Å². The van der Waals surface area contributed by atoms with Crippen molar-refractivity contribution in [3.63, 3.8) is 0 Å². The van der Waals surface area contributed by atoms with E-state index in [1.165, 1.54) is 6.33 Å². The molecule has 0 bridgehead atoms. The van der Waals surface area contributed by atoms with Gasteiger partial charge in [0.25, 0.3) is 0 Å². The average Bonchev–Trinajstić information content (AvgIpc) is 3.00. The van der Waals surface area contributed by atoms with E-state index in [9.17, 15) is 0 Å². The molecule has 4 rings (SSSR count). The van der Waals surface area contributed by atoms with Crippen LogP contribution in [0.3, 0.4) is 0 Å². The van der Waals surface area contributed by atoms with Crippen molar-refractivity contribution in [1.29, 1.82) is 0 Å². The van der Waals surface area contributed by atoms with Gasteiger partial charge in [0.1, 0.15) is 11.9 Å². The molecule has 2 aliphatic rings. The number of aromatic nitrogens is 2. The Hall–Kier alpha value is -1.92. The van der Waals surface area contributed by atoms with E-state index in [2.05, 4.69) is 34.2 Å². The molecule has 3 heterocycles. The Labute approximate surface area is 133 Å². The number of nitrogens with two attached hydrogens (primary N) is 1. The summed E-state index contributed by atoms with van der Waals surface area (Å²) in [6.45, 7) is 1.33. The zero-order valence-electron chi connectivity index (χ0n) is 12.0. The molecule has 0 radical (unpaired) electrons. The lowest BCUT2D eigenvalue weighted by atomic mass is 9.81. The molecule has 0 spiro atoms. The quantitative estimate of drug-likeness (QED) is 0.918. The van der Waals surface area contributed by atoms with Gasteiger partial charge in [-0.1, -0.05) is 30.0 Å². The van der Waals surface area contributed by atoms with Crippen molar-refractivity contribution in [3.05, 3.63) is 48.5 Å². The summed E-state index contributed by atoms with van der Waals surface area (Å²) < 4.78 is 5.74. The fourth-order valence-electron chi connectivity index (χ4n) is 3.14. The third kappa shape index (κ3) is 2.19. The summed E-state index contributed by atoms with van der Waals surface area (Å²) in [7, 11) is 0. The highest BCUT2D eigenvalue weighted by molar-refractivity contribution is 8.13. The van der Waals surface area contributed by atoms with Gasteiger partial charge < -0.3 is 10.5 Å². The van der Waals surface area contributed by atoms with Crippen LogP contribution >= 0.6 is 11.8 Å². The fourth-order valence-corrected chi connectivity index (χ4v) is 4.11. The summed E-state index contributed by atoms with van der Waals surface area (Å²) in [6.07, 6.45) is 5.18. The average molecular weight is 312 g/mol. The van der Waals surface area contributed by atoms with Crippen molar-refractivity contribution in [2.45, 2.75) is 5.54 Å². The molecule has 0 amide bonds. The maximum absolute atomic E-state index is 6.00. The maximum atomic E-state index is 6.00. The number of thioether (sulfide) groups is 1. The van der Waals surface area contributed by atoms with Crippen LogP contribution in [0.25, 0.3) is 11.1 Å². The maximum Gasteiger partial charge on any atom is 0.154 e. The molecule has 1 aromatic heterocycles. The lowest BCUT2D eigenvalue weighted by molar-refractivity contribution is 0.177. The van der Waals surface area contributed by atoms with Gasteiger partial charge >= 0.3 is 0 Å². The zero-order chi connectivity index (χ0) is 15.0. The molecule has 112 valence electrons. The minimum absolute atomic E-state index is 0.346. The van der Waals surface area contributed by atoms with Gasteiger partial charge in [0, 0.05) is 29.6 Å². The van der Waals surface area contributed by atoms with Crippen LogP contribution in [0, 0.1) is 5.92 Å². The second-order valence-corrected chi connectivity index (χ2v) is 6.65. The van der Waals surface area contributed by atoms with Gasteiger partial charge in [-0.2, -0.15) is 0 Å². The predicted octanol–water partition coefficient (Wildman–Crippen LogP) is 2.05. The third-order valence-electron chi connectivity index (χ3n) is 4.31. The van der Waals surface area contributed by atoms with E-state index in [1.807, 2.05) is 12.4 Å². The summed E-state index contributed by atoms with van der Waals surface area (Å²) in [5.41, 5.74) is 8.89. The molecule has 1 saturated heterocycles. The first kappa shape index (κ1) is 13.7. The molecule has 5 nitrogen and oxygen atoms in total. The van der Waals surface area contributed by atoms with E-state index in [4.69, 9.17) is 15.5 Å². The Kier molecular flexibility index (Phi) is 3.35. The van der Waals surface area contributed by atoms with Crippen molar-refractivity contribution in [2.24, 2.45) is 16.6 Å². The molecule has 1 fully saturated rings. The Bertz CT molecular complexity index is 721. The number of fused-ring (bicyclic) bond motifs is 1. The number of aliphatic imine (C=N–C) groups is 1. The second kappa shape index (κ2) is 5.37. The molecule has 2 aliphatic heterocycles. The minimum atomic E-state index is -0.346. The molecule has 2 aromatic rings. The molecule has 2 N–H and O–H groups in total. The van der Waals surface area contributed by atoms with Crippen LogP contribution < -0.4 is 5.73 Å². The summed E-state index contributed by atoms with van der Waals surface area (Å²) in [5, 5.41) is 0.648. The number of ether oxygens (including phenoxy) is 1. The minimum Gasteiger partial charge on any atom is -0.379 e. The van der Waals surface area contributed by atoms with Crippen LogP contribution in [-0.4, -0.2) is 34.1 Å². The van der Waals surface area contributed by atoms with Crippen LogP contribution in [0.15, 0.2) is 48.0 Å². The van der Waals surface area contributed by atoms with E-state index in [0.717, 1.165) is 29.1 Å². The normalized spacial score (nSPS) is 27.3. The number of nitrogens with zero attached hydrogens (tertiary/aromatic N) is 3. The number of hydrogen-bond donors (Lipinski definition) is 1. The highest BCUT2D eigenvalue weighted by Gasteiger charge is 2.47. The Morgan fingerprint density at radius 3 is 2.95 bits per heavy atom. The molecule has 1 aromatic carbocycles. The van der Waals surface area contributed by atoms with Gasteiger partial charge in [0.2, 0.25) is 0 Å². The van der Waals surface area contributed by atoms with Crippen LogP contribution in [-0.2, 0) is 10.3 Å². The highest BCUT2D eigenvalue weighted by Crippen LogP contribution is 2.44. The topological polar surface area (TPSA) is 73.4 Å². The Balaban J connectivity index is 1.81. The monoisotopic (exact) mass is 312 g/mol. The highest BCUT2D eigenvalue weighted by atomic mass is 32.2. The first-order valence-corrected chi connectivity index (χ1v) is 8.18. The SMILES string of the molecule is NC1=N[C@@]2(c3cccc(-c4cncnc4)c3)COC[C@H]2CS1. The molecule has 6 heteroatoms. The summed E-state index contributed by atoms with van der Waals surface area (Å²) in [5.74, 6) is 1.32. The van der Waals surface area contributed by atoms with Crippen molar-refractivity contribution >= 4 is 16.9 Å². The van der Waals surface area contributed by atoms with Crippen molar-refractivity contribution in [1.82, 2.24) is 9.97 Å². The number of rotatable bonds is 2. The smallest absolute Gasteiger partial charge is 0.154 e. The van der Waals surface area contributed by atoms with E-state index in [-0.39, 0.29) is 5.54 Å². The van der Waals surface area contributed by atoms with E-state index in [1.54, 1.807) is 11.8 Å². The van der Waals surface area contributed by atoms with Gasteiger partial charge in [-0.15, -0.1) is 0 Å². The Morgan fingerprint density at radius 2 is 2.09 bits per heavy atom. The van der Waals surface area contributed by atoms with Crippen molar-refractivity contribution in [3.8, 4) is 11.1 Å². The standard InChI is InChI=1S/C16H16N4OS/c17-15-20-16(9-21-7-14(16)8-22-15)13-3-1-2-11(4-13)12-5-18-10-19-6-12/h1-6,10,14H,7-9H2,(H2,17,20)/t14-,16+/m0/s1. The molecular weight excluding hydrogens is 296 g/mol. The van der Waals surface area contributed by atoms with Crippen LogP contribution in [0.5, 0.6) is 0 Å². The lowest BCUT2D eigenvalue weighted by Crippen LogP contribution is -2.39. The molecule has 2 atom stereocenters. The summed E-state index contributed by atoms with van der Waals surface area (Å²) in [4.78, 5) is 13.0. The molecule has 22 heavy (non-hydrogen) atoms.